The van der Waals surface area contributed by atoms with Gasteiger partial charge in [0.1, 0.15) is 0 Å². The Morgan fingerprint density at radius 1 is 1.25 bits per heavy atom. The second kappa shape index (κ2) is 6.87. The fourth-order valence-corrected chi connectivity index (χ4v) is 2.99. The molecule has 2 rings (SSSR count). The molecule has 0 spiro atoms. The number of rotatable bonds is 5. The lowest BCUT2D eigenvalue weighted by Crippen LogP contribution is -2.55. The van der Waals surface area contributed by atoms with Gasteiger partial charge in [0, 0.05) is 39.8 Å². The van der Waals surface area contributed by atoms with Crippen LogP contribution in [0.5, 0.6) is 0 Å². The van der Waals surface area contributed by atoms with Crippen molar-refractivity contribution in [1.82, 2.24) is 14.5 Å². The third kappa shape index (κ3) is 3.71. The molecule has 1 heterocycles. The topological polar surface area (TPSA) is 52.7 Å². The molecule has 1 aromatic carbocycles. The predicted octanol–water partition coefficient (Wildman–Crippen LogP) is 0.762. The Morgan fingerprint density at radius 3 is 2.40 bits per heavy atom. The van der Waals surface area contributed by atoms with Crippen LogP contribution in [0.3, 0.4) is 0 Å². The molecule has 1 N–H and O–H groups in total. The predicted molar refractivity (Wildman–Crippen MR) is 82.7 cm³/mol. The van der Waals surface area contributed by atoms with Crippen LogP contribution in [0.15, 0.2) is 29.2 Å². The summed E-state index contributed by atoms with van der Waals surface area (Å²) >= 11 is 0. The zero-order valence-electron chi connectivity index (χ0n) is 12.0. The Kier molecular flexibility index (Phi) is 5.97. The summed E-state index contributed by atoms with van der Waals surface area (Å²) in [6.07, 6.45) is 0. The van der Waals surface area contributed by atoms with Crippen molar-refractivity contribution in [2.75, 3.05) is 34.2 Å². The van der Waals surface area contributed by atoms with Gasteiger partial charge >= 0.3 is 0 Å². The number of hydrogen-bond donors (Lipinski definition) is 1. The lowest BCUT2D eigenvalue weighted by Gasteiger charge is -2.35. The molecule has 114 valence electrons. The molecule has 0 atom stereocenters. The lowest BCUT2D eigenvalue weighted by atomic mass is 10.1. The minimum atomic E-state index is -3.34. The summed E-state index contributed by atoms with van der Waals surface area (Å²) in [7, 11) is 1.82. The Bertz CT molecular complexity index is 544. The van der Waals surface area contributed by atoms with E-state index in [-0.39, 0.29) is 12.4 Å². The molecular weight excluding hydrogens is 298 g/mol. The molecule has 1 fully saturated rings. The van der Waals surface area contributed by atoms with Crippen LogP contribution in [-0.2, 0) is 16.6 Å². The van der Waals surface area contributed by atoms with Gasteiger partial charge in [0.05, 0.1) is 4.90 Å². The van der Waals surface area contributed by atoms with Crippen molar-refractivity contribution in [1.29, 1.82) is 0 Å². The second-order valence-electron chi connectivity index (χ2n) is 5.16. The van der Waals surface area contributed by atoms with E-state index in [0.29, 0.717) is 10.9 Å². The monoisotopic (exact) mass is 319 g/mol. The molecule has 0 unspecified atom stereocenters. The summed E-state index contributed by atoms with van der Waals surface area (Å²) in [5, 5.41) is 3.23. The van der Waals surface area contributed by atoms with E-state index in [1.807, 2.05) is 6.07 Å². The summed E-state index contributed by atoms with van der Waals surface area (Å²) in [6.45, 7) is 2.78. The van der Waals surface area contributed by atoms with Crippen molar-refractivity contribution in [3.8, 4) is 0 Å². The number of halogens is 1. The minimum absolute atomic E-state index is 0. The van der Waals surface area contributed by atoms with E-state index in [4.69, 9.17) is 0 Å². The molecule has 1 aliphatic heterocycles. The smallest absolute Gasteiger partial charge is 0.242 e. The van der Waals surface area contributed by atoms with E-state index in [1.165, 1.54) is 4.31 Å². The first-order chi connectivity index (χ1) is 8.91. The molecule has 1 saturated heterocycles. The number of likely N-dealkylation sites (N-methyl/N-ethyl adjacent to an activating group) is 1. The molecule has 0 bridgehead atoms. The van der Waals surface area contributed by atoms with E-state index < -0.39 is 10.0 Å². The summed E-state index contributed by atoms with van der Waals surface area (Å²) in [5.74, 6) is 0. The van der Waals surface area contributed by atoms with E-state index in [1.54, 1.807) is 32.3 Å². The normalized spacial score (nSPS) is 16.1. The molecule has 0 aliphatic carbocycles. The van der Waals surface area contributed by atoms with Crippen molar-refractivity contribution in [2.45, 2.75) is 17.5 Å². The highest BCUT2D eigenvalue weighted by Crippen LogP contribution is 2.16. The molecule has 1 aromatic rings. The van der Waals surface area contributed by atoms with Crippen LogP contribution in [0.4, 0.5) is 0 Å². The van der Waals surface area contributed by atoms with Crippen molar-refractivity contribution >= 4 is 22.4 Å². The molecule has 0 amide bonds. The maximum absolute atomic E-state index is 12.1. The third-order valence-electron chi connectivity index (χ3n) is 3.49. The molecule has 0 radical (unpaired) electrons. The van der Waals surface area contributed by atoms with Gasteiger partial charge in [0.2, 0.25) is 10.0 Å². The third-order valence-corrected chi connectivity index (χ3v) is 5.30. The van der Waals surface area contributed by atoms with Gasteiger partial charge in [-0.15, -0.1) is 12.4 Å². The summed E-state index contributed by atoms with van der Waals surface area (Å²) in [4.78, 5) is 2.60. The molecule has 7 heteroatoms. The summed E-state index contributed by atoms with van der Waals surface area (Å²) in [6, 6.07) is 7.73. The van der Waals surface area contributed by atoms with Gasteiger partial charge in [-0.3, -0.25) is 4.90 Å². The Balaban J connectivity index is 0.00000200. The minimum Gasteiger partial charge on any atom is -0.314 e. The quantitative estimate of drug-likeness (QED) is 0.871. The van der Waals surface area contributed by atoms with E-state index in [9.17, 15) is 8.42 Å². The lowest BCUT2D eigenvalue weighted by molar-refractivity contribution is 0.173. The standard InChI is InChI=1S/C13H21N3O2S.ClH/c1-15(2)19(17,18)13-6-4-5-11(7-13)10-16(3)12-8-14-9-12;/h4-7,12,14H,8-10H2,1-3H3;1H. The first-order valence-corrected chi connectivity index (χ1v) is 7.77. The van der Waals surface area contributed by atoms with Crippen molar-refractivity contribution in [3.63, 3.8) is 0 Å². The van der Waals surface area contributed by atoms with Gasteiger partial charge in [0.15, 0.2) is 0 Å². The first kappa shape index (κ1) is 17.4. The number of benzene rings is 1. The van der Waals surface area contributed by atoms with Gasteiger partial charge in [0.25, 0.3) is 0 Å². The van der Waals surface area contributed by atoms with Gasteiger partial charge in [-0.05, 0) is 24.7 Å². The van der Waals surface area contributed by atoms with Crippen LogP contribution < -0.4 is 5.32 Å². The van der Waals surface area contributed by atoms with Crippen LogP contribution in [0.25, 0.3) is 0 Å². The fraction of sp³-hybridized carbons (Fsp3) is 0.538. The Morgan fingerprint density at radius 2 is 1.90 bits per heavy atom. The largest absolute Gasteiger partial charge is 0.314 e. The van der Waals surface area contributed by atoms with E-state index >= 15 is 0 Å². The molecule has 1 aliphatic rings. The van der Waals surface area contributed by atoms with Gasteiger partial charge in [-0.2, -0.15) is 0 Å². The molecular formula is C13H22ClN3O2S. The highest BCUT2D eigenvalue weighted by atomic mass is 35.5. The van der Waals surface area contributed by atoms with Crippen LogP contribution in [0.2, 0.25) is 0 Å². The highest BCUT2D eigenvalue weighted by Gasteiger charge is 2.22. The van der Waals surface area contributed by atoms with Gasteiger partial charge in [-0.1, -0.05) is 12.1 Å². The van der Waals surface area contributed by atoms with E-state index in [2.05, 4.69) is 17.3 Å². The second-order valence-corrected chi connectivity index (χ2v) is 7.31. The van der Waals surface area contributed by atoms with Crippen molar-refractivity contribution in [3.05, 3.63) is 29.8 Å². The molecule has 5 nitrogen and oxygen atoms in total. The van der Waals surface area contributed by atoms with Crippen LogP contribution in [0.1, 0.15) is 5.56 Å². The SMILES string of the molecule is CN(Cc1cccc(S(=O)(=O)N(C)C)c1)C1CNC1.Cl. The summed E-state index contributed by atoms with van der Waals surface area (Å²) < 4.78 is 25.4. The van der Waals surface area contributed by atoms with Gasteiger partial charge in [-0.25, -0.2) is 12.7 Å². The van der Waals surface area contributed by atoms with Crippen molar-refractivity contribution < 1.29 is 8.42 Å². The number of nitrogens with one attached hydrogen (secondary N) is 1. The Labute approximate surface area is 127 Å². The number of nitrogens with zero attached hydrogens (tertiary/aromatic N) is 2. The number of sulfonamides is 1. The zero-order valence-corrected chi connectivity index (χ0v) is 13.7. The van der Waals surface area contributed by atoms with Crippen LogP contribution in [0, 0.1) is 0 Å². The van der Waals surface area contributed by atoms with Gasteiger partial charge < -0.3 is 5.32 Å². The fourth-order valence-electron chi connectivity index (χ4n) is 2.02. The highest BCUT2D eigenvalue weighted by molar-refractivity contribution is 7.89. The van der Waals surface area contributed by atoms with Crippen LogP contribution >= 0.6 is 12.4 Å². The summed E-state index contributed by atoms with van der Waals surface area (Å²) in [5.41, 5.74) is 1.03. The van der Waals surface area contributed by atoms with Crippen molar-refractivity contribution in [2.24, 2.45) is 0 Å². The first-order valence-electron chi connectivity index (χ1n) is 6.33. The number of hydrogen-bond acceptors (Lipinski definition) is 4. The zero-order chi connectivity index (χ0) is 14.0. The molecule has 20 heavy (non-hydrogen) atoms. The van der Waals surface area contributed by atoms with Crippen LogP contribution in [-0.4, -0.2) is 57.9 Å². The average Bonchev–Trinajstić information content (AvgIpc) is 2.26. The molecule has 0 saturated carbocycles. The maximum Gasteiger partial charge on any atom is 0.242 e. The molecule has 0 aromatic heterocycles. The Hall–Kier alpha value is -0.660. The van der Waals surface area contributed by atoms with E-state index in [0.717, 1.165) is 25.2 Å². The average molecular weight is 320 g/mol. The maximum atomic E-state index is 12.1.